The minimum atomic E-state index is -0.259. The van der Waals surface area contributed by atoms with Crippen LogP contribution in [0.5, 0.6) is 0 Å². The maximum atomic E-state index is 11.2. The second-order valence-corrected chi connectivity index (χ2v) is 4.55. The molecule has 0 aliphatic rings. The van der Waals surface area contributed by atoms with E-state index in [2.05, 4.69) is 4.57 Å². The van der Waals surface area contributed by atoms with Crippen LogP contribution in [-0.4, -0.2) is 10.1 Å². The average molecular weight is 194 g/mol. The Morgan fingerprint density at radius 2 is 1.71 bits per heavy atom. The van der Waals surface area contributed by atoms with Crippen LogP contribution in [0, 0.1) is 13.8 Å². The molecule has 3 nitrogen and oxygen atoms in total. The van der Waals surface area contributed by atoms with E-state index in [-0.39, 0.29) is 11.0 Å². The van der Waals surface area contributed by atoms with Crippen LogP contribution >= 0.6 is 0 Å². The molecule has 0 spiro atoms. The van der Waals surface area contributed by atoms with E-state index >= 15 is 0 Å². The van der Waals surface area contributed by atoms with Crippen molar-refractivity contribution in [1.29, 1.82) is 0 Å². The minimum Gasteiger partial charge on any atom is -0.347 e. The molecule has 0 amide bonds. The zero-order chi connectivity index (χ0) is 10.9. The number of hydrogen-bond donors (Lipinski definition) is 1. The van der Waals surface area contributed by atoms with Gasteiger partial charge in [0.1, 0.15) is 0 Å². The van der Waals surface area contributed by atoms with Crippen molar-refractivity contribution >= 4 is 0 Å². The Bertz CT molecular complexity index is 359. The molecule has 1 aromatic heterocycles. The maximum Gasteiger partial charge on any atom is 0.182 e. The Morgan fingerprint density at radius 1 is 1.29 bits per heavy atom. The molecule has 1 rings (SSSR count). The summed E-state index contributed by atoms with van der Waals surface area (Å²) in [5.41, 5.74) is 7.68. The molecular weight excluding hydrogens is 176 g/mol. The van der Waals surface area contributed by atoms with Crippen molar-refractivity contribution in [3.63, 3.8) is 0 Å². The van der Waals surface area contributed by atoms with Gasteiger partial charge in [-0.25, -0.2) is 0 Å². The predicted molar refractivity (Wildman–Crippen MR) is 58.4 cm³/mol. The number of aryl methyl sites for hydroxylation is 2. The first kappa shape index (κ1) is 11.0. The third-order valence-electron chi connectivity index (χ3n) is 2.12. The lowest BCUT2D eigenvalue weighted by atomic mass is 10.1. The van der Waals surface area contributed by atoms with Gasteiger partial charge in [-0.05, 0) is 27.7 Å². The van der Waals surface area contributed by atoms with Crippen LogP contribution in [0.4, 0.5) is 0 Å². The maximum absolute atomic E-state index is 11.2. The molecule has 78 valence electrons. The van der Waals surface area contributed by atoms with Crippen molar-refractivity contribution in [1.82, 2.24) is 4.57 Å². The lowest BCUT2D eigenvalue weighted by Gasteiger charge is -2.24. The number of aromatic nitrogens is 1. The number of hydrogen-bond acceptors (Lipinski definition) is 2. The van der Waals surface area contributed by atoms with Crippen molar-refractivity contribution in [2.24, 2.45) is 5.73 Å². The molecule has 0 saturated heterocycles. The molecule has 0 fully saturated rings. The predicted octanol–water partition coefficient (Wildman–Crippen LogP) is 1.20. The van der Waals surface area contributed by atoms with Crippen LogP contribution in [0.3, 0.4) is 0 Å². The van der Waals surface area contributed by atoms with E-state index in [1.54, 1.807) is 12.1 Å². The fraction of sp³-hybridized carbons (Fsp3) is 0.545. The van der Waals surface area contributed by atoms with E-state index in [0.29, 0.717) is 0 Å². The van der Waals surface area contributed by atoms with Gasteiger partial charge in [-0.3, -0.25) is 4.79 Å². The highest BCUT2D eigenvalue weighted by molar-refractivity contribution is 5.12. The van der Waals surface area contributed by atoms with Crippen LogP contribution < -0.4 is 11.2 Å². The number of pyridine rings is 1. The quantitative estimate of drug-likeness (QED) is 0.769. The Balaban J connectivity index is 3.16. The third-order valence-corrected chi connectivity index (χ3v) is 2.12. The highest BCUT2D eigenvalue weighted by Crippen LogP contribution is 2.07. The van der Waals surface area contributed by atoms with Crippen LogP contribution in [0.25, 0.3) is 0 Å². The molecule has 0 unspecified atom stereocenters. The van der Waals surface area contributed by atoms with Gasteiger partial charge in [0.2, 0.25) is 0 Å². The van der Waals surface area contributed by atoms with Crippen molar-refractivity contribution in [2.45, 2.75) is 39.8 Å². The average Bonchev–Trinajstić information content (AvgIpc) is 1.95. The lowest BCUT2D eigenvalue weighted by Crippen LogP contribution is -2.38. The molecule has 14 heavy (non-hydrogen) atoms. The third kappa shape index (κ3) is 2.70. The van der Waals surface area contributed by atoms with E-state index in [0.717, 1.165) is 17.9 Å². The first-order valence-electron chi connectivity index (χ1n) is 4.76. The number of nitrogens with zero attached hydrogens (tertiary/aromatic N) is 1. The lowest BCUT2D eigenvalue weighted by molar-refractivity contribution is 0.422. The fourth-order valence-electron chi connectivity index (χ4n) is 1.54. The second kappa shape index (κ2) is 3.58. The van der Waals surface area contributed by atoms with Gasteiger partial charge < -0.3 is 10.3 Å². The highest BCUT2D eigenvalue weighted by atomic mass is 16.1. The van der Waals surface area contributed by atoms with Gasteiger partial charge in [0.15, 0.2) is 5.43 Å². The van der Waals surface area contributed by atoms with E-state index in [4.69, 9.17) is 5.73 Å². The summed E-state index contributed by atoms with van der Waals surface area (Å²) in [6, 6.07) is 3.28. The molecule has 0 bridgehead atoms. The van der Waals surface area contributed by atoms with Gasteiger partial charge in [-0.2, -0.15) is 0 Å². The van der Waals surface area contributed by atoms with E-state index in [1.165, 1.54) is 0 Å². The van der Waals surface area contributed by atoms with Crippen LogP contribution in [-0.2, 0) is 6.54 Å². The smallest absolute Gasteiger partial charge is 0.182 e. The van der Waals surface area contributed by atoms with E-state index < -0.39 is 0 Å². The number of rotatable bonds is 2. The van der Waals surface area contributed by atoms with Gasteiger partial charge in [-0.1, -0.05) is 0 Å². The summed E-state index contributed by atoms with van der Waals surface area (Å²) in [5, 5.41) is 0. The Hall–Kier alpha value is -1.09. The molecular formula is C11H18N2O. The van der Waals surface area contributed by atoms with Gasteiger partial charge in [0.05, 0.1) is 0 Å². The normalized spacial score (nSPS) is 11.8. The van der Waals surface area contributed by atoms with E-state index in [1.807, 2.05) is 27.7 Å². The van der Waals surface area contributed by atoms with Crippen molar-refractivity contribution < 1.29 is 0 Å². The molecule has 0 radical (unpaired) electrons. The molecule has 0 aliphatic carbocycles. The first-order valence-corrected chi connectivity index (χ1v) is 4.76. The van der Waals surface area contributed by atoms with E-state index in [9.17, 15) is 4.79 Å². The SMILES string of the molecule is Cc1cc(=O)cc(C)n1CC(C)(C)N. The molecule has 0 aromatic carbocycles. The summed E-state index contributed by atoms with van der Waals surface area (Å²) in [7, 11) is 0. The molecule has 0 aliphatic heterocycles. The van der Waals surface area contributed by atoms with Gasteiger partial charge >= 0.3 is 0 Å². The summed E-state index contributed by atoms with van der Waals surface area (Å²) >= 11 is 0. The van der Waals surface area contributed by atoms with Crippen LogP contribution in [0.1, 0.15) is 25.2 Å². The molecule has 1 aromatic rings. The minimum absolute atomic E-state index is 0.0612. The highest BCUT2D eigenvalue weighted by Gasteiger charge is 2.13. The summed E-state index contributed by atoms with van der Waals surface area (Å²) in [4.78, 5) is 11.2. The van der Waals surface area contributed by atoms with Crippen molar-refractivity contribution in [3.8, 4) is 0 Å². The van der Waals surface area contributed by atoms with Crippen molar-refractivity contribution in [2.75, 3.05) is 0 Å². The zero-order valence-electron chi connectivity index (χ0n) is 9.29. The van der Waals surface area contributed by atoms with Gasteiger partial charge in [-0.15, -0.1) is 0 Å². The molecule has 0 saturated carbocycles. The summed E-state index contributed by atoms with van der Waals surface area (Å²) < 4.78 is 2.07. The standard InChI is InChI=1S/C11H18N2O/c1-8-5-10(14)6-9(2)13(8)7-11(3,4)12/h5-6H,7,12H2,1-4H3. The fourth-order valence-corrected chi connectivity index (χ4v) is 1.54. The summed E-state index contributed by atoms with van der Waals surface area (Å²) in [6.07, 6.45) is 0. The summed E-state index contributed by atoms with van der Waals surface area (Å²) in [5.74, 6) is 0. The first-order chi connectivity index (χ1) is 6.29. The van der Waals surface area contributed by atoms with Gasteiger partial charge in [0, 0.05) is 35.6 Å². The van der Waals surface area contributed by atoms with Gasteiger partial charge in [0.25, 0.3) is 0 Å². The van der Waals surface area contributed by atoms with Crippen molar-refractivity contribution in [3.05, 3.63) is 33.7 Å². The van der Waals surface area contributed by atoms with Crippen LogP contribution in [0.15, 0.2) is 16.9 Å². The molecule has 2 N–H and O–H groups in total. The molecule has 0 atom stereocenters. The summed E-state index contributed by atoms with van der Waals surface area (Å²) in [6.45, 7) is 8.54. The zero-order valence-corrected chi connectivity index (χ0v) is 9.29. The Kier molecular flexibility index (Phi) is 2.81. The number of nitrogens with two attached hydrogens (primary N) is 1. The molecule has 1 heterocycles. The topological polar surface area (TPSA) is 48.0 Å². The van der Waals surface area contributed by atoms with Crippen LogP contribution in [0.2, 0.25) is 0 Å². The monoisotopic (exact) mass is 194 g/mol. The Morgan fingerprint density at radius 3 is 2.07 bits per heavy atom. The second-order valence-electron chi connectivity index (χ2n) is 4.55. The Labute approximate surface area is 84.6 Å². The largest absolute Gasteiger partial charge is 0.347 e. The molecule has 3 heteroatoms.